The Labute approximate surface area is 189 Å². The maximum absolute atomic E-state index is 4.93. The van der Waals surface area contributed by atoms with Crippen LogP contribution in [0.5, 0.6) is 0 Å². The van der Waals surface area contributed by atoms with E-state index in [1.165, 1.54) is 21.9 Å². The van der Waals surface area contributed by atoms with E-state index in [9.17, 15) is 0 Å². The van der Waals surface area contributed by atoms with Gasteiger partial charge in [-0.2, -0.15) is 0 Å². The summed E-state index contributed by atoms with van der Waals surface area (Å²) in [7, 11) is 0. The Bertz CT molecular complexity index is 1380. The van der Waals surface area contributed by atoms with Gasteiger partial charge in [0.2, 0.25) is 0 Å². The van der Waals surface area contributed by atoms with Gasteiger partial charge in [-0.1, -0.05) is 112 Å². The maximum Gasteiger partial charge on any atom is 0.135 e. The van der Waals surface area contributed by atoms with E-state index in [0.717, 1.165) is 28.3 Å². The molecule has 32 heavy (non-hydrogen) atoms. The molecular weight excluding hydrogens is 388 g/mol. The van der Waals surface area contributed by atoms with Crippen LogP contribution in [0.3, 0.4) is 0 Å². The van der Waals surface area contributed by atoms with Gasteiger partial charge in [-0.25, -0.2) is 9.97 Å². The third-order valence-electron chi connectivity index (χ3n) is 5.73. The minimum absolute atomic E-state index is 0.134. The average Bonchev–Trinajstić information content (AvgIpc) is 2.83. The van der Waals surface area contributed by atoms with E-state index in [1.54, 1.807) is 0 Å². The minimum atomic E-state index is -0.134. The van der Waals surface area contributed by atoms with E-state index >= 15 is 0 Å². The largest absolute Gasteiger partial charge is 0.232 e. The number of aromatic nitrogens is 2. The summed E-state index contributed by atoms with van der Waals surface area (Å²) in [5.41, 5.74) is 6.40. The number of hydrogen-bond donors (Lipinski definition) is 0. The fourth-order valence-corrected chi connectivity index (χ4v) is 3.89. The Morgan fingerprint density at radius 3 is 1.66 bits per heavy atom. The summed E-state index contributed by atoms with van der Waals surface area (Å²) in [5.74, 6) is 0.854. The van der Waals surface area contributed by atoms with Crippen molar-refractivity contribution < 1.29 is 0 Å². The van der Waals surface area contributed by atoms with Crippen LogP contribution in [0, 0.1) is 0 Å². The topological polar surface area (TPSA) is 25.8 Å². The van der Waals surface area contributed by atoms with Crippen LogP contribution in [0.25, 0.3) is 44.4 Å². The second kappa shape index (κ2) is 8.05. The Morgan fingerprint density at radius 1 is 0.469 bits per heavy atom. The quantitative estimate of drug-likeness (QED) is 0.299. The number of hydrogen-bond acceptors (Lipinski definition) is 2. The van der Waals surface area contributed by atoms with Crippen molar-refractivity contribution in [2.24, 2.45) is 0 Å². The van der Waals surface area contributed by atoms with Crippen molar-refractivity contribution in [2.75, 3.05) is 0 Å². The van der Waals surface area contributed by atoms with Crippen molar-refractivity contribution >= 4 is 10.8 Å². The van der Waals surface area contributed by atoms with Gasteiger partial charge in [-0.15, -0.1) is 0 Å². The summed E-state index contributed by atoms with van der Waals surface area (Å²) in [6, 6.07) is 36.2. The zero-order chi connectivity index (χ0) is 22.1. The molecular formula is C30H26N2. The highest BCUT2D eigenvalue weighted by Gasteiger charge is 2.20. The summed E-state index contributed by atoms with van der Waals surface area (Å²) in [6.07, 6.45) is 0. The van der Waals surface area contributed by atoms with E-state index in [1.807, 2.05) is 18.2 Å². The van der Waals surface area contributed by atoms with Crippen LogP contribution in [-0.4, -0.2) is 9.97 Å². The number of rotatable bonds is 3. The van der Waals surface area contributed by atoms with Gasteiger partial charge in [0.25, 0.3) is 0 Å². The van der Waals surface area contributed by atoms with Crippen LogP contribution in [-0.2, 0) is 5.41 Å². The molecule has 2 heteroatoms. The van der Waals surface area contributed by atoms with Crippen molar-refractivity contribution in [1.82, 2.24) is 9.97 Å². The first kappa shape index (κ1) is 20.1. The molecule has 1 heterocycles. The van der Waals surface area contributed by atoms with Crippen LogP contribution in [0.1, 0.15) is 26.6 Å². The van der Waals surface area contributed by atoms with Crippen molar-refractivity contribution in [3.8, 4) is 33.6 Å². The lowest BCUT2D eigenvalue weighted by Gasteiger charge is -2.19. The van der Waals surface area contributed by atoms with Gasteiger partial charge in [-0.05, 0) is 34.0 Å². The van der Waals surface area contributed by atoms with Crippen molar-refractivity contribution in [3.63, 3.8) is 0 Å². The van der Waals surface area contributed by atoms with Gasteiger partial charge in [0.05, 0.1) is 11.4 Å². The lowest BCUT2D eigenvalue weighted by Crippen LogP contribution is -2.16. The molecule has 0 amide bonds. The highest BCUT2D eigenvalue weighted by Crippen LogP contribution is 2.30. The van der Waals surface area contributed by atoms with Crippen molar-refractivity contribution in [3.05, 3.63) is 109 Å². The molecule has 0 atom stereocenters. The molecule has 156 valence electrons. The predicted molar refractivity (Wildman–Crippen MR) is 135 cm³/mol. The van der Waals surface area contributed by atoms with Gasteiger partial charge >= 0.3 is 0 Å². The molecule has 0 bridgehead atoms. The molecule has 0 saturated carbocycles. The minimum Gasteiger partial charge on any atom is -0.232 e. The average molecular weight is 415 g/mol. The summed E-state index contributed by atoms with van der Waals surface area (Å²) in [5, 5.41) is 2.52. The fraction of sp³-hybridized carbons (Fsp3) is 0.133. The monoisotopic (exact) mass is 414 g/mol. The molecule has 0 fully saturated rings. The second-order valence-electron chi connectivity index (χ2n) is 9.22. The first-order chi connectivity index (χ1) is 15.5. The Balaban J connectivity index is 1.55. The van der Waals surface area contributed by atoms with Gasteiger partial charge < -0.3 is 0 Å². The van der Waals surface area contributed by atoms with E-state index < -0.39 is 0 Å². The lowest BCUT2D eigenvalue weighted by atomic mass is 9.94. The Morgan fingerprint density at radius 2 is 1.00 bits per heavy atom. The smallest absolute Gasteiger partial charge is 0.135 e. The molecule has 1 aromatic heterocycles. The fourth-order valence-electron chi connectivity index (χ4n) is 3.89. The number of nitrogens with zero attached hydrogens (tertiary/aromatic N) is 2. The molecule has 0 unspecified atom stereocenters. The van der Waals surface area contributed by atoms with E-state index in [4.69, 9.17) is 9.97 Å². The van der Waals surface area contributed by atoms with Crippen molar-refractivity contribution in [1.29, 1.82) is 0 Å². The van der Waals surface area contributed by atoms with Crippen LogP contribution in [0.4, 0.5) is 0 Å². The zero-order valence-corrected chi connectivity index (χ0v) is 18.7. The van der Waals surface area contributed by atoms with Crippen LogP contribution >= 0.6 is 0 Å². The first-order valence-corrected chi connectivity index (χ1v) is 11.0. The number of fused-ring (bicyclic) bond motifs is 1. The van der Waals surface area contributed by atoms with Crippen molar-refractivity contribution in [2.45, 2.75) is 26.2 Å². The van der Waals surface area contributed by atoms with Crippen LogP contribution in [0.2, 0.25) is 0 Å². The molecule has 0 radical (unpaired) electrons. The number of benzene rings is 4. The SMILES string of the molecule is CC(C)(C)c1nc(-c2ccccc2)cc(-c2ccc(-c3ccc4ccccc4c3)cc2)n1. The van der Waals surface area contributed by atoms with Gasteiger partial charge in [0.15, 0.2) is 0 Å². The van der Waals surface area contributed by atoms with Gasteiger partial charge in [0.1, 0.15) is 5.82 Å². The highest BCUT2D eigenvalue weighted by molar-refractivity contribution is 5.87. The van der Waals surface area contributed by atoms with Gasteiger partial charge in [-0.3, -0.25) is 0 Å². The second-order valence-corrected chi connectivity index (χ2v) is 9.22. The molecule has 2 nitrogen and oxygen atoms in total. The van der Waals surface area contributed by atoms with E-state index in [-0.39, 0.29) is 5.41 Å². The normalized spacial score (nSPS) is 11.6. The lowest BCUT2D eigenvalue weighted by molar-refractivity contribution is 0.547. The standard InChI is InChI=1S/C30H26N2/c1-30(2,3)29-31-27(23-10-5-4-6-11-23)20-28(32-29)24-16-13-22(14-17-24)26-18-15-21-9-7-8-12-25(21)19-26/h4-20H,1-3H3. The zero-order valence-electron chi connectivity index (χ0n) is 18.7. The summed E-state index contributed by atoms with van der Waals surface area (Å²) < 4.78 is 0. The molecule has 0 saturated heterocycles. The summed E-state index contributed by atoms with van der Waals surface area (Å²) in [4.78, 5) is 9.82. The van der Waals surface area contributed by atoms with Crippen LogP contribution < -0.4 is 0 Å². The molecule has 4 aromatic carbocycles. The molecule has 0 spiro atoms. The third kappa shape index (κ3) is 4.04. The molecule has 5 aromatic rings. The predicted octanol–water partition coefficient (Wildman–Crippen LogP) is 7.93. The van der Waals surface area contributed by atoms with E-state index in [0.29, 0.717) is 0 Å². The molecule has 0 aliphatic carbocycles. The Hall–Kier alpha value is -3.78. The van der Waals surface area contributed by atoms with E-state index in [2.05, 4.69) is 106 Å². The maximum atomic E-state index is 4.93. The first-order valence-electron chi connectivity index (χ1n) is 11.0. The van der Waals surface area contributed by atoms with Crippen LogP contribution in [0.15, 0.2) is 103 Å². The highest BCUT2D eigenvalue weighted by atomic mass is 14.9. The summed E-state index contributed by atoms with van der Waals surface area (Å²) in [6.45, 7) is 6.47. The molecule has 5 rings (SSSR count). The Kier molecular flexibility index (Phi) is 5.07. The molecule has 0 aliphatic heterocycles. The van der Waals surface area contributed by atoms with Gasteiger partial charge in [0, 0.05) is 16.5 Å². The molecule has 0 aliphatic rings. The summed E-state index contributed by atoms with van der Waals surface area (Å²) >= 11 is 0. The third-order valence-corrected chi connectivity index (χ3v) is 5.73. The molecule has 0 N–H and O–H groups in total.